The molecule has 0 heterocycles. The largest absolute Gasteiger partial charge is 0.508 e. The molecule has 3 rings (SSSR count). The van der Waals surface area contributed by atoms with Crippen LogP contribution in [0.3, 0.4) is 0 Å². The summed E-state index contributed by atoms with van der Waals surface area (Å²) in [6.45, 7) is 2.24. The van der Waals surface area contributed by atoms with Crippen molar-refractivity contribution in [2.45, 2.75) is 51.1 Å². The van der Waals surface area contributed by atoms with E-state index in [1.807, 2.05) is 12.1 Å². The Bertz CT molecular complexity index is 380. The number of hydrogen-bond acceptors (Lipinski definition) is 2. The second kappa shape index (κ2) is 4.93. The molecule has 18 heavy (non-hydrogen) atoms. The van der Waals surface area contributed by atoms with Crippen LogP contribution < -0.4 is 5.32 Å². The van der Waals surface area contributed by atoms with Crippen LogP contribution in [0.15, 0.2) is 24.3 Å². The van der Waals surface area contributed by atoms with E-state index in [9.17, 15) is 5.11 Å². The molecule has 2 fully saturated rings. The highest BCUT2D eigenvalue weighted by molar-refractivity contribution is 5.28. The van der Waals surface area contributed by atoms with Gasteiger partial charge >= 0.3 is 0 Å². The SMILES string of the molecule is CCC(NC(C1CC1)C1CC1)c1ccc(O)cc1. The third-order valence-corrected chi connectivity index (χ3v) is 4.36. The average molecular weight is 245 g/mol. The first-order valence-electron chi connectivity index (χ1n) is 7.33. The molecular weight excluding hydrogens is 222 g/mol. The van der Waals surface area contributed by atoms with E-state index in [1.165, 1.54) is 31.2 Å². The molecule has 0 spiro atoms. The maximum atomic E-state index is 9.37. The Hall–Kier alpha value is -1.02. The Morgan fingerprint density at radius 1 is 1.11 bits per heavy atom. The molecule has 2 N–H and O–H groups in total. The third-order valence-electron chi connectivity index (χ3n) is 4.36. The van der Waals surface area contributed by atoms with Gasteiger partial charge in [-0.3, -0.25) is 0 Å². The van der Waals surface area contributed by atoms with E-state index in [1.54, 1.807) is 12.1 Å². The minimum Gasteiger partial charge on any atom is -0.508 e. The second-order valence-electron chi connectivity index (χ2n) is 5.92. The van der Waals surface area contributed by atoms with Gasteiger partial charge in [0.25, 0.3) is 0 Å². The highest BCUT2D eigenvalue weighted by atomic mass is 16.3. The molecule has 0 aromatic heterocycles. The zero-order chi connectivity index (χ0) is 12.5. The second-order valence-corrected chi connectivity index (χ2v) is 5.92. The number of benzene rings is 1. The van der Waals surface area contributed by atoms with Crippen molar-refractivity contribution in [3.63, 3.8) is 0 Å². The quantitative estimate of drug-likeness (QED) is 0.802. The van der Waals surface area contributed by atoms with E-state index in [0.717, 1.165) is 24.3 Å². The van der Waals surface area contributed by atoms with Crippen molar-refractivity contribution in [2.75, 3.05) is 0 Å². The topological polar surface area (TPSA) is 32.3 Å². The van der Waals surface area contributed by atoms with Crippen LogP contribution >= 0.6 is 0 Å². The van der Waals surface area contributed by atoms with Crippen molar-refractivity contribution in [1.29, 1.82) is 0 Å². The molecule has 1 aromatic rings. The molecule has 2 aliphatic carbocycles. The lowest BCUT2D eigenvalue weighted by atomic mass is 10.00. The Balaban J connectivity index is 1.69. The Kier molecular flexibility index (Phi) is 3.29. The number of phenols is 1. The first-order valence-corrected chi connectivity index (χ1v) is 7.33. The first-order chi connectivity index (χ1) is 8.78. The summed E-state index contributed by atoms with van der Waals surface area (Å²) >= 11 is 0. The summed E-state index contributed by atoms with van der Waals surface area (Å²) in [4.78, 5) is 0. The van der Waals surface area contributed by atoms with Crippen LogP contribution in [-0.4, -0.2) is 11.1 Å². The van der Waals surface area contributed by atoms with Crippen LogP contribution in [-0.2, 0) is 0 Å². The van der Waals surface area contributed by atoms with Crippen LogP contribution in [0.4, 0.5) is 0 Å². The summed E-state index contributed by atoms with van der Waals surface area (Å²) in [6, 6.07) is 8.87. The molecule has 0 saturated heterocycles. The van der Waals surface area contributed by atoms with Crippen LogP contribution in [0.2, 0.25) is 0 Å². The summed E-state index contributed by atoms with van der Waals surface area (Å²) in [5.74, 6) is 2.22. The van der Waals surface area contributed by atoms with Gasteiger partial charge in [-0.25, -0.2) is 0 Å². The number of phenolic OH excluding ortho intramolecular Hbond substituents is 1. The van der Waals surface area contributed by atoms with Crippen LogP contribution in [0.1, 0.15) is 50.6 Å². The Morgan fingerprint density at radius 3 is 2.11 bits per heavy atom. The predicted molar refractivity (Wildman–Crippen MR) is 73.5 cm³/mol. The molecule has 1 aromatic carbocycles. The zero-order valence-electron chi connectivity index (χ0n) is 11.1. The summed E-state index contributed by atoms with van der Waals surface area (Å²) in [5, 5.41) is 13.3. The number of nitrogens with one attached hydrogen (secondary N) is 1. The fourth-order valence-corrected chi connectivity index (χ4v) is 2.96. The Morgan fingerprint density at radius 2 is 1.67 bits per heavy atom. The monoisotopic (exact) mass is 245 g/mol. The van der Waals surface area contributed by atoms with Gasteiger partial charge in [-0.05, 0) is 61.6 Å². The lowest BCUT2D eigenvalue weighted by molar-refractivity contribution is 0.359. The molecule has 1 atom stereocenters. The molecule has 0 aliphatic heterocycles. The van der Waals surface area contributed by atoms with Crippen molar-refractivity contribution >= 4 is 0 Å². The molecular formula is C16H23NO. The fourth-order valence-electron chi connectivity index (χ4n) is 2.96. The number of rotatable bonds is 6. The van der Waals surface area contributed by atoms with E-state index in [4.69, 9.17) is 0 Å². The molecule has 98 valence electrons. The maximum absolute atomic E-state index is 9.37. The van der Waals surface area contributed by atoms with E-state index >= 15 is 0 Å². The molecule has 2 saturated carbocycles. The van der Waals surface area contributed by atoms with Gasteiger partial charge in [0.2, 0.25) is 0 Å². The van der Waals surface area contributed by atoms with Crippen molar-refractivity contribution in [1.82, 2.24) is 5.32 Å². The van der Waals surface area contributed by atoms with Gasteiger partial charge in [-0.1, -0.05) is 19.1 Å². The van der Waals surface area contributed by atoms with Gasteiger partial charge in [0.1, 0.15) is 5.75 Å². The fraction of sp³-hybridized carbons (Fsp3) is 0.625. The maximum Gasteiger partial charge on any atom is 0.115 e. The van der Waals surface area contributed by atoms with E-state index in [2.05, 4.69) is 12.2 Å². The normalized spacial score (nSPS) is 21.2. The molecule has 1 unspecified atom stereocenters. The van der Waals surface area contributed by atoms with Crippen LogP contribution in [0, 0.1) is 11.8 Å². The van der Waals surface area contributed by atoms with Crippen molar-refractivity contribution in [3.8, 4) is 5.75 Å². The molecule has 0 amide bonds. The molecule has 2 nitrogen and oxygen atoms in total. The molecule has 0 radical (unpaired) electrons. The summed E-state index contributed by atoms with van der Waals surface area (Å²) in [5.41, 5.74) is 1.31. The molecule has 2 aliphatic rings. The summed E-state index contributed by atoms with van der Waals surface area (Å²) in [7, 11) is 0. The zero-order valence-corrected chi connectivity index (χ0v) is 11.1. The number of aromatic hydroxyl groups is 1. The number of hydrogen-bond donors (Lipinski definition) is 2. The smallest absolute Gasteiger partial charge is 0.115 e. The van der Waals surface area contributed by atoms with Gasteiger partial charge in [0.05, 0.1) is 0 Å². The minimum atomic E-state index is 0.356. The van der Waals surface area contributed by atoms with Crippen molar-refractivity contribution in [3.05, 3.63) is 29.8 Å². The average Bonchev–Trinajstić information content (AvgIpc) is 3.26. The summed E-state index contributed by atoms with van der Waals surface area (Å²) in [6.07, 6.45) is 6.78. The molecule has 2 heteroatoms. The lowest BCUT2D eigenvalue weighted by Gasteiger charge is -2.25. The predicted octanol–water partition coefficient (Wildman–Crippen LogP) is 3.62. The summed E-state index contributed by atoms with van der Waals surface area (Å²) < 4.78 is 0. The van der Waals surface area contributed by atoms with Crippen LogP contribution in [0.5, 0.6) is 5.75 Å². The van der Waals surface area contributed by atoms with Crippen LogP contribution in [0.25, 0.3) is 0 Å². The van der Waals surface area contributed by atoms with Gasteiger partial charge in [0.15, 0.2) is 0 Å². The molecule has 0 bridgehead atoms. The van der Waals surface area contributed by atoms with E-state index in [0.29, 0.717) is 11.8 Å². The first kappa shape index (κ1) is 12.0. The highest BCUT2D eigenvalue weighted by Gasteiger charge is 2.41. The standard InChI is InChI=1S/C16H23NO/c1-2-15(11-7-9-14(18)10-8-11)17-16(12-3-4-12)13-5-6-13/h7-10,12-13,15-18H,2-6H2,1H3. The van der Waals surface area contributed by atoms with Gasteiger partial charge in [0, 0.05) is 12.1 Å². The van der Waals surface area contributed by atoms with E-state index < -0.39 is 0 Å². The van der Waals surface area contributed by atoms with Gasteiger partial charge < -0.3 is 10.4 Å². The third kappa shape index (κ3) is 2.69. The van der Waals surface area contributed by atoms with Gasteiger partial charge in [-0.15, -0.1) is 0 Å². The Labute approximate surface area is 109 Å². The van der Waals surface area contributed by atoms with Crippen molar-refractivity contribution < 1.29 is 5.11 Å². The minimum absolute atomic E-state index is 0.356. The van der Waals surface area contributed by atoms with Crippen molar-refractivity contribution in [2.24, 2.45) is 11.8 Å². The van der Waals surface area contributed by atoms with Gasteiger partial charge in [-0.2, -0.15) is 0 Å². The highest BCUT2D eigenvalue weighted by Crippen LogP contribution is 2.45. The van der Waals surface area contributed by atoms with E-state index in [-0.39, 0.29) is 0 Å². The lowest BCUT2D eigenvalue weighted by Crippen LogP contribution is -2.36.